The van der Waals surface area contributed by atoms with Gasteiger partial charge in [0.1, 0.15) is 11.9 Å². The van der Waals surface area contributed by atoms with E-state index in [1.54, 1.807) is 0 Å². The van der Waals surface area contributed by atoms with E-state index in [-0.39, 0.29) is 0 Å². The van der Waals surface area contributed by atoms with Crippen LogP contribution in [0.1, 0.15) is 28.5 Å². The van der Waals surface area contributed by atoms with Crippen LogP contribution in [-0.4, -0.2) is 17.1 Å². The first kappa shape index (κ1) is 16.2. The third-order valence-electron chi connectivity index (χ3n) is 4.18. The molecular formula is C21H22N2O. The van der Waals surface area contributed by atoms with Crippen molar-refractivity contribution in [1.29, 1.82) is 0 Å². The average molecular weight is 318 g/mol. The van der Waals surface area contributed by atoms with E-state index < -0.39 is 6.10 Å². The predicted octanol–water partition coefficient (Wildman–Crippen LogP) is 4.11. The molecule has 1 aromatic heterocycles. The molecular weight excluding hydrogens is 296 g/mol. The van der Waals surface area contributed by atoms with Gasteiger partial charge in [-0.25, -0.2) is 4.98 Å². The van der Waals surface area contributed by atoms with Gasteiger partial charge in [-0.2, -0.15) is 0 Å². The Morgan fingerprint density at radius 2 is 1.54 bits per heavy atom. The highest BCUT2D eigenvalue weighted by molar-refractivity contribution is 5.44. The molecule has 1 atom stereocenters. The van der Waals surface area contributed by atoms with E-state index in [4.69, 9.17) is 0 Å². The van der Waals surface area contributed by atoms with Crippen LogP contribution < -0.4 is 4.90 Å². The summed E-state index contributed by atoms with van der Waals surface area (Å²) in [6, 6.07) is 23.9. The summed E-state index contributed by atoms with van der Waals surface area (Å²) < 4.78 is 0. The van der Waals surface area contributed by atoms with Crippen molar-refractivity contribution in [3.8, 4) is 0 Å². The van der Waals surface area contributed by atoms with Gasteiger partial charge in [0.05, 0.1) is 0 Å². The number of pyridine rings is 1. The summed E-state index contributed by atoms with van der Waals surface area (Å²) in [4.78, 5) is 6.79. The summed E-state index contributed by atoms with van der Waals surface area (Å²) in [5, 5.41) is 10.6. The van der Waals surface area contributed by atoms with Crippen LogP contribution in [-0.2, 0) is 6.54 Å². The molecule has 3 nitrogen and oxygen atoms in total. The zero-order valence-corrected chi connectivity index (χ0v) is 14.1. The minimum absolute atomic E-state index is 0.646. The molecule has 0 aliphatic rings. The summed E-state index contributed by atoms with van der Waals surface area (Å²) in [7, 11) is 2.03. The lowest BCUT2D eigenvalue weighted by Crippen LogP contribution is -2.18. The molecule has 0 unspecified atom stereocenters. The standard InChI is InChI=1S/C21H22N2O/c1-16-19(21(24)18-11-7-4-8-12-18)13-14-20(22-16)23(2)15-17-9-5-3-6-10-17/h3-14,21,24H,15H2,1-2H3/t21-/m0/s1. The molecule has 0 aliphatic carbocycles. The van der Waals surface area contributed by atoms with Crippen molar-refractivity contribution in [3.63, 3.8) is 0 Å². The maximum absolute atomic E-state index is 10.6. The lowest BCUT2D eigenvalue weighted by atomic mass is 10.0. The van der Waals surface area contributed by atoms with Crippen LogP contribution in [0.4, 0.5) is 5.82 Å². The van der Waals surface area contributed by atoms with Gasteiger partial charge >= 0.3 is 0 Å². The molecule has 0 radical (unpaired) electrons. The molecule has 1 heterocycles. The number of benzene rings is 2. The fourth-order valence-electron chi connectivity index (χ4n) is 2.81. The summed E-state index contributed by atoms with van der Waals surface area (Å²) in [5.74, 6) is 0.903. The maximum atomic E-state index is 10.6. The first-order valence-corrected chi connectivity index (χ1v) is 8.11. The SMILES string of the molecule is Cc1nc(N(C)Cc2ccccc2)ccc1[C@@H](O)c1ccccc1. The van der Waals surface area contributed by atoms with Crippen molar-refractivity contribution in [2.24, 2.45) is 0 Å². The molecule has 24 heavy (non-hydrogen) atoms. The summed E-state index contributed by atoms with van der Waals surface area (Å²) in [6.45, 7) is 2.75. The molecule has 0 bridgehead atoms. The Hall–Kier alpha value is -2.65. The number of hydrogen-bond acceptors (Lipinski definition) is 3. The van der Waals surface area contributed by atoms with Crippen molar-refractivity contribution in [2.45, 2.75) is 19.6 Å². The third kappa shape index (κ3) is 3.63. The third-order valence-corrected chi connectivity index (χ3v) is 4.18. The van der Waals surface area contributed by atoms with Gasteiger partial charge in [-0.15, -0.1) is 0 Å². The van der Waals surface area contributed by atoms with Crippen LogP contribution in [0.3, 0.4) is 0 Å². The highest BCUT2D eigenvalue weighted by atomic mass is 16.3. The molecule has 0 saturated carbocycles. The van der Waals surface area contributed by atoms with Crippen LogP contribution in [0.2, 0.25) is 0 Å². The van der Waals surface area contributed by atoms with Gasteiger partial charge < -0.3 is 10.0 Å². The van der Waals surface area contributed by atoms with E-state index >= 15 is 0 Å². The van der Waals surface area contributed by atoms with Crippen molar-refractivity contribution < 1.29 is 5.11 Å². The minimum Gasteiger partial charge on any atom is -0.384 e. The molecule has 3 aromatic rings. The van der Waals surface area contributed by atoms with Crippen LogP contribution in [0.25, 0.3) is 0 Å². The van der Waals surface area contributed by atoms with Crippen molar-refractivity contribution in [2.75, 3.05) is 11.9 Å². The fourth-order valence-corrected chi connectivity index (χ4v) is 2.81. The Morgan fingerprint density at radius 3 is 2.17 bits per heavy atom. The summed E-state index contributed by atoms with van der Waals surface area (Å²) in [6.07, 6.45) is -0.646. The Labute approximate surface area is 143 Å². The van der Waals surface area contributed by atoms with E-state index in [0.29, 0.717) is 0 Å². The van der Waals surface area contributed by atoms with E-state index in [9.17, 15) is 5.11 Å². The predicted molar refractivity (Wildman–Crippen MR) is 98.0 cm³/mol. The number of rotatable bonds is 5. The Morgan fingerprint density at radius 1 is 0.917 bits per heavy atom. The van der Waals surface area contributed by atoms with Crippen molar-refractivity contribution in [1.82, 2.24) is 4.98 Å². The van der Waals surface area contributed by atoms with Crippen LogP contribution in [0.5, 0.6) is 0 Å². The number of aromatic nitrogens is 1. The molecule has 0 fully saturated rings. The monoisotopic (exact) mass is 318 g/mol. The molecule has 0 aliphatic heterocycles. The Bertz CT molecular complexity index is 787. The molecule has 2 aromatic carbocycles. The lowest BCUT2D eigenvalue weighted by molar-refractivity contribution is 0.219. The second-order valence-corrected chi connectivity index (χ2v) is 6.00. The largest absolute Gasteiger partial charge is 0.384 e. The van der Waals surface area contributed by atoms with Gasteiger partial charge in [-0.1, -0.05) is 66.7 Å². The maximum Gasteiger partial charge on any atom is 0.128 e. The van der Waals surface area contributed by atoms with Gasteiger partial charge in [0, 0.05) is 24.8 Å². The molecule has 0 spiro atoms. The van der Waals surface area contributed by atoms with Gasteiger partial charge in [0.15, 0.2) is 0 Å². The van der Waals surface area contributed by atoms with E-state index in [1.165, 1.54) is 5.56 Å². The number of aliphatic hydroxyl groups excluding tert-OH is 1. The summed E-state index contributed by atoms with van der Waals surface area (Å²) >= 11 is 0. The quantitative estimate of drug-likeness (QED) is 0.769. The number of nitrogens with zero attached hydrogens (tertiary/aromatic N) is 2. The van der Waals surface area contributed by atoms with Crippen LogP contribution in [0.15, 0.2) is 72.8 Å². The fraction of sp³-hybridized carbons (Fsp3) is 0.190. The van der Waals surface area contributed by atoms with Crippen molar-refractivity contribution >= 4 is 5.82 Å². The minimum atomic E-state index is -0.646. The van der Waals surface area contributed by atoms with E-state index in [2.05, 4.69) is 22.0 Å². The Balaban J connectivity index is 1.79. The second kappa shape index (κ2) is 7.28. The smallest absolute Gasteiger partial charge is 0.128 e. The Kier molecular flexibility index (Phi) is 4.92. The normalized spacial score (nSPS) is 12.0. The average Bonchev–Trinajstić information content (AvgIpc) is 2.62. The number of anilines is 1. The number of aryl methyl sites for hydroxylation is 1. The molecule has 122 valence electrons. The zero-order chi connectivity index (χ0) is 16.9. The molecule has 0 amide bonds. The first-order chi connectivity index (χ1) is 11.6. The molecule has 3 rings (SSSR count). The topological polar surface area (TPSA) is 36.4 Å². The summed E-state index contributed by atoms with van der Waals surface area (Å²) in [5.41, 5.74) is 3.82. The number of hydrogen-bond donors (Lipinski definition) is 1. The second-order valence-electron chi connectivity index (χ2n) is 6.00. The van der Waals surface area contributed by atoms with Gasteiger partial charge in [-0.05, 0) is 24.1 Å². The molecule has 1 N–H and O–H groups in total. The van der Waals surface area contributed by atoms with Crippen molar-refractivity contribution in [3.05, 3.63) is 95.2 Å². The van der Waals surface area contributed by atoms with Gasteiger partial charge in [0.2, 0.25) is 0 Å². The lowest BCUT2D eigenvalue weighted by Gasteiger charge is -2.21. The van der Waals surface area contributed by atoms with Gasteiger partial charge in [-0.3, -0.25) is 0 Å². The van der Waals surface area contributed by atoms with Crippen LogP contribution in [0, 0.1) is 6.92 Å². The van der Waals surface area contributed by atoms with E-state index in [1.807, 2.05) is 74.6 Å². The van der Waals surface area contributed by atoms with Gasteiger partial charge in [0.25, 0.3) is 0 Å². The highest BCUT2D eigenvalue weighted by Gasteiger charge is 2.15. The number of aliphatic hydroxyl groups is 1. The first-order valence-electron chi connectivity index (χ1n) is 8.11. The highest BCUT2D eigenvalue weighted by Crippen LogP contribution is 2.25. The zero-order valence-electron chi connectivity index (χ0n) is 14.1. The molecule has 0 saturated heterocycles. The molecule has 3 heteroatoms. The van der Waals surface area contributed by atoms with E-state index in [0.717, 1.165) is 29.2 Å². The van der Waals surface area contributed by atoms with Crippen LogP contribution >= 0.6 is 0 Å².